The normalized spacial score (nSPS) is 10.2. The molecule has 0 fully saturated rings. The van der Waals surface area contributed by atoms with Crippen molar-refractivity contribution in [3.8, 4) is 5.75 Å². The second-order valence-electron chi connectivity index (χ2n) is 5.04. The Labute approximate surface area is 143 Å². The van der Waals surface area contributed by atoms with E-state index in [4.69, 9.17) is 11.6 Å². The molecule has 0 saturated carbocycles. The molecule has 3 rings (SSSR count). The highest BCUT2D eigenvalue weighted by Crippen LogP contribution is 2.23. The fourth-order valence-corrected chi connectivity index (χ4v) is 2.31. The Morgan fingerprint density at radius 3 is 2.58 bits per heavy atom. The molecule has 6 heteroatoms. The lowest BCUT2D eigenvalue weighted by Gasteiger charge is -2.09. The number of aromatic nitrogens is 1. The fraction of sp³-hybridized carbons (Fsp3) is 0. The lowest BCUT2D eigenvalue weighted by Crippen LogP contribution is -2.12. The van der Waals surface area contributed by atoms with Crippen molar-refractivity contribution in [3.63, 3.8) is 0 Å². The minimum absolute atomic E-state index is 0.108. The Morgan fingerprint density at radius 1 is 1.00 bits per heavy atom. The van der Waals surface area contributed by atoms with Gasteiger partial charge in [-0.3, -0.25) is 4.79 Å². The highest BCUT2D eigenvalue weighted by atomic mass is 35.5. The number of para-hydroxylation sites is 1. The van der Waals surface area contributed by atoms with Gasteiger partial charge in [0, 0.05) is 28.7 Å². The summed E-state index contributed by atoms with van der Waals surface area (Å²) in [6.45, 7) is 0. The number of phenolic OH excluding ortho intramolecular Hbond substituents is 1. The Bertz CT molecular complexity index is 869. The van der Waals surface area contributed by atoms with Gasteiger partial charge in [-0.25, -0.2) is 4.98 Å². The number of hydrogen-bond donors (Lipinski definition) is 3. The first-order valence-corrected chi connectivity index (χ1v) is 7.57. The third-order valence-corrected chi connectivity index (χ3v) is 3.50. The Hall–Kier alpha value is -3.05. The van der Waals surface area contributed by atoms with E-state index in [1.54, 1.807) is 18.3 Å². The number of anilines is 3. The first-order chi connectivity index (χ1) is 11.6. The second kappa shape index (κ2) is 7.02. The molecule has 0 aliphatic heterocycles. The molecule has 0 aliphatic rings. The molecule has 0 radical (unpaired) electrons. The van der Waals surface area contributed by atoms with Crippen LogP contribution in [0.4, 0.5) is 17.2 Å². The molecular formula is C18H14ClN3O2. The van der Waals surface area contributed by atoms with Crippen molar-refractivity contribution in [3.05, 3.63) is 77.4 Å². The van der Waals surface area contributed by atoms with Gasteiger partial charge >= 0.3 is 0 Å². The minimum Gasteiger partial charge on any atom is -0.507 e. The number of phenols is 1. The lowest BCUT2D eigenvalue weighted by atomic mass is 10.2. The Kier molecular flexibility index (Phi) is 4.63. The first kappa shape index (κ1) is 15.8. The molecule has 0 bridgehead atoms. The van der Waals surface area contributed by atoms with Crippen molar-refractivity contribution in [1.29, 1.82) is 0 Å². The maximum atomic E-state index is 12.3. The molecule has 120 valence electrons. The van der Waals surface area contributed by atoms with Crippen molar-refractivity contribution in [2.24, 2.45) is 0 Å². The van der Waals surface area contributed by atoms with Crippen molar-refractivity contribution in [1.82, 2.24) is 4.98 Å². The largest absolute Gasteiger partial charge is 0.507 e. The summed E-state index contributed by atoms with van der Waals surface area (Å²) in [5.74, 6) is 0.00904. The van der Waals surface area contributed by atoms with E-state index in [1.165, 1.54) is 18.2 Å². The highest BCUT2D eigenvalue weighted by molar-refractivity contribution is 6.31. The maximum absolute atomic E-state index is 12.3. The first-order valence-electron chi connectivity index (χ1n) is 7.20. The summed E-state index contributed by atoms with van der Waals surface area (Å²) in [5, 5.41) is 16.0. The number of carbonyl (C=O) groups excluding carboxylic acids is 1. The van der Waals surface area contributed by atoms with Crippen molar-refractivity contribution in [2.45, 2.75) is 0 Å². The number of halogens is 1. The SMILES string of the molecule is O=C(Nc1ccnc(Nc2ccccc2)c1)c1cc(Cl)ccc1O. The van der Waals surface area contributed by atoms with Gasteiger partial charge in [-0.2, -0.15) is 0 Å². The van der Waals surface area contributed by atoms with Gasteiger partial charge in [0.15, 0.2) is 0 Å². The van der Waals surface area contributed by atoms with E-state index >= 15 is 0 Å². The number of benzene rings is 2. The standard InChI is InChI=1S/C18H14ClN3O2/c19-12-6-7-16(23)15(10-12)18(24)22-14-8-9-20-17(11-14)21-13-4-2-1-3-5-13/h1-11,23H,(H2,20,21,22,24). The molecule has 0 spiro atoms. The topological polar surface area (TPSA) is 74.2 Å². The fourth-order valence-electron chi connectivity index (χ4n) is 2.13. The summed E-state index contributed by atoms with van der Waals surface area (Å²) in [4.78, 5) is 16.5. The smallest absolute Gasteiger partial charge is 0.259 e. The van der Waals surface area contributed by atoms with Crippen molar-refractivity contribution < 1.29 is 9.90 Å². The van der Waals surface area contributed by atoms with Crippen LogP contribution in [-0.2, 0) is 0 Å². The van der Waals surface area contributed by atoms with Gasteiger partial charge in [0.25, 0.3) is 5.91 Å². The van der Waals surface area contributed by atoms with Gasteiger partial charge in [0.1, 0.15) is 11.6 Å². The number of carbonyl (C=O) groups is 1. The van der Waals surface area contributed by atoms with Crippen LogP contribution in [0.15, 0.2) is 66.9 Å². The maximum Gasteiger partial charge on any atom is 0.259 e. The van der Waals surface area contributed by atoms with Crippen molar-refractivity contribution >= 4 is 34.7 Å². The monoisotopic (exact) mass is 339 g/mol. The van der Waals surface area contributed by atoms with Crippen LogP contribution in [0.5, 0.6) is 5.75 Å². The van der Waals surface area contributed by atoms with E-state index in [-0.39, 0.29) is 11.3 Å². The lowest BCUT2D eigenvalue weighted by molar-refractivity contribution is 0.102. The third-order valence-electron chi connectivity index (χ3n) is 3.27. The van der Waals surface area contributed by atoms with Gasteiger partial charge < -0.3 is 15.7 Å². The summed E-state index contributed by atoms with van der Waals surface area (Å²) in [6.07, 6.45) is 1.58. The van der Waals surface area contributed by atoms with E-state index < -0.39 is 5.91 Å². The molecule has 3 aromatic rings. The number of nitrogens with zero attached hydrogens (tertiary/aromatic N) is 1. The molecule has 1 aromatic heterocycles. The van der Waals surface area contributed by atoms with E-state index in [0.717, 1.165) is 5.69 Å². The molecule has 24 heavy (non-hydrogen) atoms. The summed E-state index contributed by atoms with van der Waals surface area (Å²) in [7, 11) is 0. The van der Waals surface area contributed by atoms with E-state index in [9.17, 15) is 9.90 Å². The van der Waals surface area contributed by atoms with Crippen LogP contribution in [-0.4, -0.2) is 16.0 Å². The van der Waals surface area contributed by atoms with Crippen LogP contribution in [0.1, 0.15) is 10.4 Å². The third kappa shape index (κ3) is 3.83. The molecule has 3 N–H and O–H groups in total. The van der Waals surface area contributed by atoms with Crippen molar-refractivity contribution in [2.75, 3.05) is 10.6 Å². The summed E-state index contributed by atoms with van der Waals surface area (Å²) in [5.41, 5.74) is 1.55. The number of rotatable bonds is 4. The summed E-state index contributed by atoms with van der Waals surface area (Å²) < 4.78 is 0. The predicted octanol–water partition coefficient (Wildman–Crippen LogP) is 4.44. The highest BCUT2D eigenvalue weighted by Gasteiger charge is 2.12. The zero-order valence-corrected chi connectivity index (χ0v) is 13.3. The quantitative estimate of drug-likeness (QED) is 0.657. The average molecular weight is 340 g/mol. The van der Waals surface area contributed by atoms with Crippen LogP contribution in [0.2, 0.25) is 5.02 Å². The van der Waals surface area contributed by atoms with Crippen LogP contribution in [0, 0.1) is 0 Å². The molecule has 0 unspecified atom stereocenters. The Morgan fingerprint density at radius 2 is 1.79 bits per heavy atom. The van der Waals surface area contributed by atoms with Crippen LogP contribution >= 0.6 is 11.6 Å². The predicted molar refractivity (Wildman–Crippen MR) is 95.0 cm³/mol. The van der Waals surface area contributed by atoms with E-state index in [1.807, 2.05) is 30.3 Å². The van der Waals surface area contributed by atoms with Gasteiger partial charge in [-0.15, -0.1) is 0 Å². The van der Waals surface area contributed by atoms with E-state index in [2.05, 4.69) is 15.6 Å². The molecule has 0 atom stereocenters. The molecule has 2 aromatic carbocycles. The molecule has 1 heterocycles. The number of nitrogens with one attached hydrogen (secondary N) is 2. The zero-order chi connectivity index (χ0) is 16.9. The Balaban J connectivity index is 1.77. The number of amides is 1. The number of hydrogen-bond acceptors (Lipinski definition) is 4. The molecule has 1 amide bonds. The summed E-state index contributed by atoms with van der Waals surface area (Å²) >= 11 is 5.87. The average Bonchev–Trinajstić information content (AvgIpc) is 2.58. The zero-order valence-electron chi connectivity index (χ0n) is 12.5. The van der Waals surface area contributed by atoms with Gasteiger partial charge in [0.05, 0.1) is 5.56 Å². The van der Waals surface area contributed by atoms with Gasteiger partial charge in [-0.1, -0.05) is 29.8 Å². The molecular weight excluding hydrogens is 326 g/mol. The second-order valence-corrected chi connectivity index (χ2v) is 5.47. The van der Waals surface area contributed by atoms with E-state index in [0.29, 0.717) is 16.5 Å². The van der Waals surface area contributed by atoms with Gasteiger partial charge in [0.2, 0.25) is 0 Å². The van der Waals surface area contributed by atoms with Gasteiger partial charge in [-0.05, 0) is 36.4 Å². The molecule has 0 saturated heterocycles. The number of aromatic hydroxyl groups is 1. The van der Waals surface area contributed by atoms with Crippen LogP contribution in [0.3, 0.4) is 0 Å². The summed E-state index contributed by atoms with van der Waals surface area (Å²) in [6, 6.07) is 17.2. The van der Waals surface area contributed by atoms with Crippen LogP contribution in [0.25, 0.3) is 0 Å². The molecule has 0 aliphatic carbocycles. The minimum atomic E-state index is -0.452. The van der Waals surface area contributed by atoms with Crippen LogP contribution < -0.4 is 10.6 Å². The number of pyridine rings is 1. The molecule has 5 nitrogen and oxygen atoms in total.